The van der Waals surface area contributed by atoms with E-state index >= 15 is 0 Å². The van der Waals surface area contributed by atoms with E-state index in [0.717, 1.165) is 12.2 Å². The van der Waals surface area contributed by atoms with Crippen molar-refractivity contribution in [3.63, 3.8) is 0 Å². The van der Waals surface area contributed by atoms with E-state index in [9.17, 15) is 0 Å². The Morgan fingerprint density at radius 3 is 2.31 bits per heavy atom. The standard InChI is InChI=1S/C11H15NO/c1-13-9-4-2-8(3-5-9)10-6-7-11(10)12/h2-5,10-11H,6-7,12H2,1H3/t10-,11+/m1/s1. The minimum absolute atomic E-state index is 0.369. The molecular formula is C11H15NO. The van der Waals surface area contributed by atoms with E-state index in [4.69, 9.17) is 10.5 Å². The number of hydrogen-bond donors (Lipinski definition) is 1. The molecule has 1 aromatic rings. The van der Waals surface area contributed by atoms with Gasteiger partial charge in [0.05, 0.1) is 7.11 Å². The topological polar surface area (TPSA) is 35.2 Å². The van der Waals surface area contributed by atoms with Crippen LogP contribution >= 0.6 is 0 Å². The van der Waals surface area contributed by atoms with Crippen LogP contribution < -0.4 is 10.5 Å². The van der Waals surface area contributed by atoms with E-state index < -0.39 is 0 Å². The van der Waals surface area contributed by atoms with E-state index in [1.165, 1.54) is 12.0 Å². The van der Waals surface area contributed by atoms with Crippen LogP contribution in [0.15, 0.2) is 24.3 Å². The fraction of sp³-hybridized carbons (Fsp3) is 0.455. The van der Waals surface area contributed by atoms with E-state index in [2.05, 4.69) is 12.1 Å². The maximum absolute atomic E-state index is 5.89. The monoisotopic (exact) mass is 177 g/mol. The molecule has 0 amide bonds. The number of nitrogens with two attached hydrogens (primary N) is 1. The van der Waals surface area contributed by atoms with Gasteiger partial charge < -0.3 is 10.5 Å². The van der Waals surface area contributed by atoms with Crippen molar-refractivity contribution in [3.05, 3.63) is 29.8 Å². The molecule has 1 saturated carbocycles. The van der Waals surface area contributed by atoms with Crippen molar-refractivity contribution in [2.24, 2.45) is 5.73 Å². The van der Waals surface area contributed by atoms with E-state index in [0.29, 0.717) is 12.0 Å². The number of ether oxygens (including phenoxy) is 1. The lowest BCUT2D eigenvalue weighted by Crippen LogP contribution is -2.37. The van der Waals surface area contributed by atoms with Gasteiger partial charge in [-0.3, -0.25) is 0 Å². The lowest BCUT2D eigenvalue weighted by molar-refractivity contribution is 0.346. The largest absolute Gasteiger partial charge is 0.497 e. The molecule has 70 valence electrons. The number of benzene rings is 1. The van der Waals surface area contributed by atoms with Gasteiger partial charge in [0.25, 0.3) is 0 Å². The highest BCUT2D eigenvalue weighted by molar-refractivity contribution is 5.31. The third kappa shape index (κ3) is 1.54. The zero-order chi connectivity index (χ0) is 9.26. The predicted octanol–water partition coefficient (Wildman–Crippen LogP) is 1.90. The number of hydrogen-bond acceptors (Lipinski definition) is 2. The van der Waals surface area contributed by atoms with Crippen LogP contribution in [0.3, 0.4) is 0 Å². The molecule has 1 aliphatic rings. The van der Waals surface area contributed by atoms with Crippen molar-refractivity contribution < 1.29 is 4.74 Å². The third-order valence-corrected chi connectivity index (χ3v) is 2.87. The molecule has 1 fully saturated rings. The van der Waals surface area contributed by atoms with Crippen molar-refractivity contribution in [2.45, 2.75) is 24.8 Å². The Kier molecular flexibility index (Phi) is 2.23. The molecular weight excluding hydrogens is 162 g/mol. The highest BCUT2D eigenvalue weighted by Gasteiger charge is 2.28. The minimum atomic E-state index is 0.369. The maximum Gasteiger partial charge on any atom is 0.118 e. The Balaban J connectivity index is 2.13. The Labute approximate surface area is 78.7 Å². The highest BCUT2D eigenvalue weighted by atomic mass is 16.5. The van der Waals surface area contributed by atoms with Crippen LogP contribution in [-0.2, 0) is 0 Å². The summed E-state index contributed by atoms with van der Waals surface area (Å²) in [5.41, 5.74) is 7.24. The molecule has 2 atom stereocenters. The zero-order valence-electron chi connectivity index (χ0n) is 7.86. The van der Waals surface area contributed by atoms with Gasteiger partial charge in [-0.25, -0.2) is 0 Å². The molecule has 2 rings (SSSR count). The van der Waals surface area contributed by atoms with E-state index in [1.54, 1.807) is 7.11 Å². The first-order valence-corrected chi connectivity index (χ1v) is 4.71. The summed E-state index contributed by atoms with van der Waals surface area (Å²) in [6.45, 7) is 0. The lowest BCUT2D eigenvalue weighted by Gasteiger charge is -2.33. The van der Waals surface area contributed by atoms with Gasteiger partial charge in [0.2, 0.25) is 0 Å². The summed E-state index contributed by atoms with van der Waals surface area (Å²) < 4.78 is 5.10. The fourth-order valence-electron chi connectivity index (χ4n) is 1.79. The van der Waals surface area contributed by atoms with Gasteiger partial charge in [-0.1, -0.05) is 12.1 Å². The van der Waals surface area contributed by atoms with Crippen LogP contribution in [0.25, 0.3) is 0 Å². The average molecular weight is 177 g/mol. The summed E-state index contributed by atoms with van der Waals surface area (Å²) in [5, 5.41) is 0. The zero-order valence-corrected chi connectivity index (χ0v) is 7.86. The Morgan fingerprint density at radius 2 is 1.92 bits per heavy atom. The summed E-state index contributed by atoms with van der Waals surface area (Å²) in [5.74, 6) is 1.49. The molecule has 0 spiro atoms. The van der Waals surface area contributed by atoms with Gasteiger partial charge >= 0.3 is 0 Å². The second kappa shape index (κ2) is 3.38. The first-order valence-electron chi connectivity index (χ1n) is 4.71. The molecule has 2 nitrogen and oxygen atoms in total. The van der Waals surface area contributed by atoms with E-state index in [1.807, 2.05) is 12.1 Å². The molecule has 0 saturated heterocycles. The van der Waals surface area contributed by atoms with Crippen LogP contribution in [0.4, 0.5) is 0 Å². The van der Waals surface area contributed by atoms with Crippen molar-refractivity contribution in [3.8, 4) is 5.75 Å². The van der Waals surface area contributed by atoms with Crippen molar-refractivity contribution >= 4 is 0 Å². The van der Waals surface area contributed by atoms with Crippen molar-refractivity contribution in [1.29, 1.82) is 0 Å². The molecule has 0 heterocycles. The number of rotatable bonds is 2. The van der Waals surface area contributed by atoms with Crippen molar-refractivity contribution in [1.82, 2.24) is 0 Å². The van der Waals surface area contributed by atoms with Gasteiger partial charge in [-0.2, -0.15) is 0 Å². The first-order chi connectivity index (χ1) is 6.31. The van der Waals surface area contributed by atoms with Gasteiger partial charge in [-0.15, -0.1) is 0 Å². The van der Waals surface area contributed by atoms with Gasteiger partial charge in [0, 0.05) is 6.04 Å². The molecule has 0 aliphatic heterocycles. The molecule has 0 aromatic heterocycles. The molecule has 1 aliphatic carbocycles. The highest BCUT2D eigenvalue weighted by Crippen LogP contribution is 2.35. The molecule has 13 heavy (non-hydrogen) atoms. The Hall–Kier alpha value is -1.02. The summed E-state index contributed by atoms with van der Waals surface area (Å²) in [4.78, 5) is 0. The molecule has 2 N–H and O–H groups in total. The summed E-state index contributed by atoms with van der Waals surface area (Å²) in [6, 6.07) is 8.60. The van der Waals surface area contributed by atoms with Gasteiger partial charge in [0.15, 0.2) is 0 Å². The quantitative estimate of drug-likeness (QED) is 0.748. The summed E-state index contributed by atoms with van der Waals surface area (Å²) in [7, 11) is 1.68. The fourth-order valence-corrected chi connectivity index (χ4v) is 1.79. The molecule has 0 bridgehead atoms. The average Bonchev–Trinajstić information content (AvgIpc) is 2.17. The second-order valence-electron chi connectivity index (χ2n) is 3.62. The predicted molar refractivity (Wildman–Crippen MR) is 52.9 cm³/mol. The van der Waals surface area contributed by atoms with E-state index in [-0.39, 0.29) is 0 Å². The van der Waals surface area contributed by atoms with Crippen LogP contribution in [-0.4, -0.2) is 13.2 Å². The molecule has 0 unspecified atom stereocenters. The minimum Gasteiger partial charge on any atom is -0.497 e. The SMILES string of the molecule is COc1ccc([C@H]2CC[C@@H]2N)cc1. The summed E-state index contributed by atoms with van der Waals surface area (Å²) >= 11 is 0. The van der Waals surface area contributed by atoms with Crippen LogP contribution in [0.5, 0.6) is 5.75 Å². The Bertz CT molecular complexity index is 281. The molecule has 1 aromatic carbocycles. The Morgan fingerprint density at radius 1 is 1.23 bits per heavy atom. The first kappa shape index (κ1) is 8.57. The smallest absolute Gasteiger partial charge is 0.118 e. The van der Waals surface area contributed by atoms with Crippen LogP contribution in [0.1, 0.15) is 24.3 Å². The molecule has 2 heteroatoms. The third-order valence-electron chi connectivity index (χ3n) is 2.87. The molecule has 0 radical (unpaired) electrons. The van der Waals surface area contributed by atoms with Gasteiger partial charge in [0.1, 0.15) is 5.75 Å². The lowest BCUT2D eigenvalue weighted by atomic mass is 9.76. The second-order valence-corrected chi connectivity index (χ2v) is 3.62. The van der Waals surface area contributed by atoms with Gasteiger partial charge in [-0.05, 0) is 36.5 Å². The normalized spacial score (nSPS) is 26.6. The number of methoxy groups -OCH3 is 1. The van der Waals surface area contributed by atoms with Crippen molar-refractivity contribution in [2.75, 3.05) is 7.11 Å². The maximum atomic E-state index is 5.89. The summed E-state index contributed by atoms with van der Waals surface area (Å²) in [6.07, 6.45) is 2.39. The van der Waals surface area contributed by atoms with Crippen LogP contribution in [0, 0.1) is 0 Å². The van der Waals surface area contributed by atoms with Crippen LogP contribution in [0.2, 0.25) is 0 Å².